The molecule has 0 amide bonds. The van der Waals surface area contributed by atoms with Crippen LogP contribution in [0.1, 0.15) is 71.3 Å². The number of carbonyl (C=O) groups is 1. The summed E-state index contributed by atoms with van der Waals surface area (Å²) in [6.07, 6.45) is 5.36. The average Bonchev–Trinajstić information content (AvgIpc) is 2.47. The van der Waals surface area contributed by atoms with Crippen molar-refractivity contribution in [3.8, 4) is 0 Å². The number of rotatable bonds is 9. The highest BCUT2D eigenvalue weighted by Crippen LogP contribution is 2.29. The van der Waals surface area contributed by atoms with Gasteiger partial charge in [-0.2, -0.15) is 0 Å². The molecule has 0 aliphatic carbocycles. The van der Waals surface area contributed by atoms with Crippen molar-refractivity contribution in [2.45, 2.75) is 65.7 Å². The van der Waals surface area contributed by atoms with Crippen molar-refractivity contribution in [2.75, 3.05) is 6.61 Å². The Morgan fingerprint density at radius 2 is 1.91 bits per heavy atom. The van der Waals surface area contributed by atoms with Gasteiger partial charge in [-0.1, -0.05) is 56.0 Å². The normalized spacial score (nSPS) is 13.0. The Bertz CT molecular complexity index is 468. The third-order valence-corrected chi connectivity index (χ3v) is 4.55. The van der Waals surface area contributed by atoms with Crippen LogP contribution in [0, 0.1) is 5.41 Å². The van der Waals surface area contributed by atoms with E-state index in [1.165, 1.54) is 5.56 Å². The lowest BCUT2D eigenvalue weighted by atomic mass is 9.86. The van der Waals surface area contributed by atoms with Crippen molar-refractivity contribution in [3.05, 3.63) is 34.9 Å². The van der Waals surface area contributed by atoms with Gasteiger partial charge in [0.15, 0.2) is 0 Å². The summed E-state index contributed by atoms with van der Waals surface area (Å²) in [5.41, 5.74) is 0.862. The maximum absolute atomic E-state index is 11.8. The third-order valence-electron chi connectivity index (χ3n) is 4.20. The van der Waals surface area contributed by atoms with Gasteiger partial charge >= 0.3 is 5.97 Å². The molecule has 0 aliphatic rings. The highest BCUT2D eigenvalue weighted by Gasteiger charge is 2.28. The quantitative estimate of drug-likeness (QED) is 0.412. The summed E-state index contributed by atoms with van der Waals surface area (Å²) in [4.78, 5) is 11.8. The summed E-state index contributed by atoms with van der Waals surface area (Å²) in [5.74, 6) is 0.395. The SMILES string of the molecule is CCOC(=O)C(C)(C)CCCCCC(C)c1ccccc1Cl. The van der Waals surface area contributed by atoms with Gasteiger partial charge in [0.2, 0.25) is 0 Å². The van der Waals surface area contributed by atoms with Crippen LogP contribution in [0.4, 0.5) is 0 Å². The Balaban J connectivity index is 2.28. The summed E-state index contributed by atoms with van der Waals surface area (Å²) in [6.45, 7) is 8.47. The van der Waals surface area contributed by atoms with E-state index in [1.807, 2.05) is 39.0 Å². The fraction of sp³-hybridized carbons (Fsp3) is 0.632. The molecule has 1 unspecified atom stereocenters. The molecule has 22 heavy (non-hydrogen) atoms. The van der Waals surface area contributed by atoms with E-state index in [1.54, 1.807) is 0 Å². The first-order chi connectivity index (χ1) is 10.4. The number of benzene rings is 1. The average molecular weight is 325 g/mol. The number of hydrogen-bond acceptors (Lipinski definition) is 2. The largest absolute Gasteiger partial charge is 0.466 e. The maximum Gasteiger partial charge on any atom is 0.311 e. The molecule has 0 N–H and O–H groups in total. The fourth-order valence-electron chi connectivity index (χ4n) is 2.65. The molecule has 0 aromatic heterocycles. The maximum atomic E-state index is 11.8. The minimum absolute atomic E-state index is 0.0839. The zero-order chi connectivity index (χ0) is 16.6. The van der Waals surface area contributed by atoms with E-state index in [0.29, 0.717) is 12.5 Å². The molecular weight excluding hydrogens is 296 g/mol. The molecular formula is C19H29ClO2. The van der Waals surface area contributed by atoms with Crippen molar-refractivity contribution in [1.82, 2.24) is 0 Å². The van der Waals surface area contributed by atoms with Crippen LogP contribution in [0.5, 0.6) is 0 Å². The topological polar surface area (TPSA) is 26.3 Å². The molecule has 0 aliphatic heterocycles. The van der Waals surface area contributed by atoms with Crippen molar-refractivity contribution in [1.29, 1.82) is 0 Å². The molecule has 124 valence electrons. The van der Waals surface area contributed by atoms with Gasteiger partial charge in [0.25, 0.3) is 0 Å². The molecule has 2 nitrogen and oxygen atoms in total. The number of ether oxygens (including phenoxy) is 1. The van der Waals surface area contributed by atoms with Crippen molar-refractivity contribution in [2.24, 2.45) is 5.41 Å². The van der Waals surface area contributed by atoms with Crippen LogP contribution >= 0.6 is 11.6 Å². The molecule has 0 bridgehead atoms. The Morgan fingerprint density at radius 3 is 2.55 bits per heavy atom. The smallest absolute Gasteiger partial charge is 0.311 e. The molecule has 0 saturated heterocycles. The second-order valence-corrected chi connectivity index (χ2v) is 7.03. The minimum Gasteiger partial charge on any atom is -0.466 e. The second-order valence-electron chi connectivity index (χ2n) is 6.63. The second kappa shape index (κ2) is 9.19. The number of halogens is 1. The summed E-state index contributed by atoms with van der Waals surface area (Å²) in [5, 5.41) is 0.860. The molecule has 1 aromatic carbocycles. The van der Waals surface area contributed by atoms with E-state index in [-0.39, 0.29) is 11.4 Å². The van der Waals surface area contributed by atoms with Gasteiger partial charge in [-0.15, -0.1) is 0 Å². The summed E-state index contributed by atoms with van der Waals surface area (Å²) >= 11 is 6.23. The first-order valence-corrected chi connectivity index (χ1v) is 8.68. The molecule has 0 radical (unpaired) electrons. The fourth-order valence-corrected chi connectivity index (χ4v) is 2.98. The van der Waals surface area contributed by atoms with Crippen LogP contribution in [0.3, 0.4) is 0 Å². The number of esters is 1. The van der Waals surface area contributed by atoms with E-state index >= 15 is 0 Å². The van der Waals surface area contributed by atoms with Crippen LogP contribution in [0.15, 0.2) is 24.3 Å². The van der Waals surface area contributed by atoms with Crippen LogP contribution in [0.2, 0.25) is 5.02 Å². The van der Waals surface area contributed by atoms with Crippen molar-refractivity contribution in [3.63, 3.8) is 0 Å². The van der Waals surface area contributed by atoms with Crippen LogP contribution in [0.25, 0.3) is 0 Å². The van der Waals surface area contributed by atoms with Crippen LogP contribution in [-0.2, 0) is 9.53 Å². The zero-order valence-corrected chi connectivity index (χ0v) is 15.1. The zero-order valence-electron chi connectivity index (χ0n) is 14.3. The summed E-state index contributed by atoms with van der Waals surface area (Å²) in [7, 11) is 0. The number of unbranched alkanes of at least 4 members (excludes halogenated alkanes) is 2. The minimum atomic E-state index is -0.371. The first kappa shape index (κ1) is 19.0. The summed E-state index contributed by atoms with van der Waals surface area (Å²) < 4.78 is 5.12. The van der Waals surface area contributed by atoms with Gasteiger partial charge < -0.3 is 4.74 Å². The highest BCUT2D eigenvalue weighted by molar-refractivity contribution is 6.31. The molecule has 1 aromatic rings. The van der Waals surface area contributed by atoms with Crippen molar-refractivity contribution >= 4 is 17.6 Å². The lowest BCUT2D eigenvalue weighted by Crippen LogP contribution is -2.26. The molecule has 0 heterocycles. The van der Waals surface area contributed by atoms with Crippen LogP contribution in [-0.4, -0.2) is 12.6 Å². The Kier molecular flexibility index (Phi) is 7.95. The number of hydrogen-bond donors (Lipinski definition) is 0. The Hall–Kier alpha value is -1.02. The monoisotopic (exact) mass is 324 g/mol. The van der Waals surface area contributed by atoms with Crippen molar-refractivity contribution < 1.29 is 9.53 Å². The van der Waals surface area contributed by atoms with Gasteiger partial charge in [0, 0.05) is 5.02 Å². The van der Waals surface area contributed by atoms with Gasteiger partial charge in [-0.25, -0.2) is 0 Å². The standard InChI is InChI=1S/C19H29ClO2/c1-5-22-18(21)19(3,4)14-10-6-7-11-15(2)16-12-8-9-13-17(16)20/h8-9,12-13,15H,5-7,10-11,14H2,1-4H3. The van der Waals surface area contributed by atoms with Gasteiger partial charge in [-0.05, 0) is 51.2 Å². The molecule has 0 fully saturated rings. The molecule has 1 rings (SSSR count). The molecule has 0 spiro atoms. The number of carbonyl (C=O) groups excluding carboxylic acids is 1. The van der Waals surface area contributed by atoms with Crippen LogP contribution < -0.4 is 0 Å². The predicted octanol–water partition coefficient (Wildman–Crippen LogP) is 5.98. The summed E-state index contributed by atoms with van der Waals surface area (Å²) in [6, 6.07) is 8.07. The lowest BCUT2D eigenvalue weighted by molar-refractivity contribution is -0.153. The first-order valence-electron chi connectivity index (χ1n) is 8.30. The van der Waals surface area contributed by atoms with E-state index in [0.717, 1.165) is 37.1 Å². The lowest BCUT2D eigenvalue weighted by Gasteiger charge is -2.22. The van der Waals surface area contributed by atoms with Gasteiger partial charge in [-0.3, -0.25) is 4.79 Å². The Labute approximate surface area is 140 Å². The molecule has 1 atom stereocenters. The Morgan fingerprint density at radius 1 is 1.23 bits per heavy atom. The molecule has 3 heteroatoms. The third kappa shape index (κ3) is 6.00. The molecule has 0 saturated carbocycles. The van der Waals surface area contributed by atoms with E-state index in [4.69, 9.17) is 16.3 Å². The van der Waals surface area contributed by atoms with Gasteiger partial charge in [0.05, 0.1) is 12.0 Å². The van der Waals surface area contributed by atoms with E-state index < -0.39 is 0 Å². The van der Waals surface area contributed by atoms with E-state index in [2.05, 4.69) is 13.0 Å². The predicted molar refractivity (Wildman–Crippen MR) is 93.4 cm³/mol. The highest BCUT2D eigenvalue weighted by atomic mass is 35.5. The van der Waals surface area contributed by atoms with E-state index in [9.17, 15) is 4.79 Å². The van der Waals surface area contributed by atoms with Gasteiger partial charge in [0.1, 0.15) is 0 Å².